The fraction of sp³-hybridized carbons (Fsp3) is 0.474. The zero-order chi connectivity index (χ0) is 21.3. The Labute approximate surface area is 182 Å². The number of nitrogens with two attached hydrogens (primary N) is 1. The lowest BCUT2D eigenvalue weighted by atomic mass is 10.1. The fourth-order valence-electron chi connectivity index (χ4n) is 2.19. The molecule has 1 aromatic heterocycles. The number of nitrogen functional groups attached to an aromatic ring is 1. The van der Waals surface area contributed by atoms with Crippen molar-refractivity contribution in [3.8, 4) is 11.6 Å². The molecule has 0 amide bonds. The Bertz CT molecular complexity index is 834. The van der Waals surface area contributed by atoms with Gasteiger partial charge in [-0.25, -0.2) is 0 Å². The Balaban J connectivity index is 2.22. The topological polar surface area (TPSA) is 70.3 Å². The van der Waals surface area contributed by atoms with Gasteiger partial charge in [-0.05, 0) is 30.3 Å². The Morgan fingerprint density at radius 2 is 1.64 bits per heavy atom. The van der Waals surface area contributed by atoms with Crippen molar-refractivity contribution in [2.24, 2.45) is 0 Å². The second-order valence-corrected chi connectivity index (χ2v) is 14.3. The molecular formula is C19H26Cl3N3O2Si. The number of benzene rings is 1. The molecule has 154 valence electrons. The minimum absolute atomic E-state index is 0.0110. The zero-order valence-corrected chi connectivity index (χ0v) is 20.2. The van der Waals surface area contributed by atoms with E-state index in [9.17, 15) is 0 Å². The first kappa shape index (κ1) is 23.2. The fourth-order valence-corrected chi connectivity index (χ4v) is 4.15. The molecule has 0 aliphatic rings. The summed E-state index contributed by atoms with van der Waals surface area (Å²) in [5.74, 6) is 0.522. The zero-order valence-electron chi connectivity index (χ0n) is 16.9. The van der Waals surface area contributed by atoms with Crippen LogP contribution < -0.4 is 10.5 Å². The largest absolute Gasteiger partial charge is 0.434 e. The highest BCUT2D eigenvalue weighted by Crippen LogP contribution is 2.39. The quantitative estimate of drug-likeness (QED) is 0.372. The van der Waals surface area contributed by atoms with E-state index in [0.29, 0.717) is 17.4 Å². The first-order chi connectivity index (χ1) is 12.8. The van der Waals surface area contributed by atoms with Gasteiger partial charge in [0.25, 0.3) is 0 Å². The van der Waals surface area contributed by atoms with Crippen LogP contribution >= 0.6 is 34.8 Å². The summed E-state index contributed by atoms with van der Waals surface area (Å²) < 4.78 is 12.1. The number of rotatable bonds is 6. The van der Waals surface area contributed by atoms with Crippen LogP contribution in [0, 0.1) is 0 Å². The molecule has 9 heteroatoms. The molecular weight excluding hydrogens is 437 g/mol. The van der Waals surface area contributed by atoms with Gasteiger partial charge in [-0.2, -0.15) is 0 Å². The van der Waals surface area contributed by atoms with Crippen molar-refractivity contribution in [3.05, 3.63) is 39.0 Å². The molecule has 1 aromatic carbocycles. The van der Waals surface area contributed by atoms with Crippen LogP contribution in [0.1, 0.15) is 39.2 Å². The lowest BCUT2D eigenvalue weighted by molar-refractivity contribution is 0.268. The average molecular weight is 463 g/mol. The van der Waals surface area contributed by atoms with Gasteiger partial charge >= 0.3 is 0 Å². The first-order valence-corrected chi connectivity index (χ1v) is 13.0. The maximum Gasteiger partial charge on any atom is 0.239 e. The van der Waals surface area contributed by atoms with Crippen LogP contribution in [0.15, 0.2) is 18.2 Å². The molecule has 0 fully saturated rings. The van der Waals surface area contributed by atoms with E-state index < -0.39 is 8.32 Å². The van der Waals surface area contributed by atoms with Crippen molar-refractivity contribution < 1.29 is 9.16 Å². The van der Waals surface area contributed by atoms with Crippen molar-refractivity contribution in [2.75, 3.05) is 12.3 Å². The van der Waals surface area contributed by atoms with Crippen LogP contribution in [0.4, 0.5) is 5.69 Å². The summed E-state index contributed by atoms with van der Waals surface area (Å²) in [5.41, 5.74) is 6.96. The van der Waals surface area contributed by atoms with Crippen molar-refractivity contribution in [3.63, 3.8) is 0 Å². The molecule has 0 bridgehead atoms. The van der Waals surface area contributed by atoms with Crippen LogP contribution in [-0.2, 0) is 4.43 Å². The highest BCUT2D eigenvalue weighted by atomic mass is 35.5. The third kappa shape index (κ3) is 5.51. The Morgan fingerprint density at radius 3 is 2.18 bits per heavy atom. The normalized spacial score (nSPS) is 13.5. The van der Waals surface area contributed by atoms with E-state index in [0.717, 1.165) is 5.56 Å². The maximum absolute atomic E-state index is 6.31. The second kappa shape index (κ2) is 8.75. The van der Waals surface area contributed by atoms with Crippen LogP contribution in [-0.4, -0.2) is 25.1 Å². The standard InChI is InChI=1S/C19H26Cl3N3O2Si/c1-11(10-26-28(5,6)19(2,3)4)13-9-16(24-25-18(13)22)27-17-14(20)7-12(23)8-15(17)21/h7-9,11H,10,23H2,1-6H3. The summed E-state index contributed by atoms with van der Waals surface area (Å²) in [6, 6.07) is 4.85. The molecule has 5 nitrogen and oxygen atoms in total. The maximum atomic E-state index is 6.31. The van der Waals surface area contributed by atoms with Gasteiger partial charge in [-0.15, -0.1) is 10.2 Å². The third-order valence-electron chi connectivity index (χ3n) is 5.01. The van der Waals surface area contributed by atoms with Gasteiger partial charge in [0.15, 0.2) is 19.2 Å². The van der Waals surface area contributed by atoms with Crippen molar-refractivity contribution >= 4 is 48.8 Å². The van der Waals surface area contributed by atoms with E-state index in [1.807, 2.05) is 6.92 Å². The second-order valence-electron chi connectivity index (χ2n) is 8.32. The molecule has 0 saturated carbocycles. The van der Waals surface area contributed by atoms with Gasteiger partial charge in [0.2, 0.25) is 5.88 Å². The summed E-state index contributed by atoms with van der Waals surface area (Å²) in [4.78, 5) is 0. The number of anilines is 1. The molecule has 0 saturated heterocycles. The van der Waals surface area contributed by atoms with Crippen LogP contribution in [0.5, 0.6) is 11.6 Å². The van der Waals surface area contributed by atoms with Gasteiger partial charge in [0.05, 0.1) is 10.0 Å². The summed E-state index contributed by atoms with van der Waals surface area (Å²) in [6.07, 6.45) is 0. The van der Waals surface area contributed by atoms with Crippen molar-refractivity contribution in [1.82, 2.24) is 10.2 Å². The SMILES string of the molecule is CC(CO[Si](C)(C)C(C)(C)C)c1cc(Oc2c(Cl)cc(N)cc2Cl)nnc1Cl. The van der Waals surface area contributed by atoms with E-state index in [2.05, 4.69) is 44.1 Å². The molecule has 1 heterocycles. The van der Waals surface area contributed by atoms with Gasteiger partial charge in [0.1, 0.15) is 0 Å². The highest BCUT2D eigenvalue weighted by Gasteiger charge is 2.37. The average Bonchev–Trinajstić information content (AvgIpc) is 2.56. The van der Waals surface area contributed by atoms with Crippen LogP contribution in [0.3, 0.4) is 0 Å². The van der Waals surface area contributed by atoms with E-state index in [1.165, 1.54) is 0 Å². The van der Waals surface area contributed by atoms with Gasteiger partial charge in [-0.3, -0.25) is 0 Å². The van der Waals surface area contributed by atoms with E-state index in [1.54, 1.807) is 18.2 Å². The van der Waals surface area contributed by atoms with Crippen molar-refractivity contribution in [2.45, 2.75) is 51.7 Å². The van der Waals surface area contributed by atoms with E-state index in [-0.39, 0.29) is 32.6 Å². The monoisotopic (exact) mass is 461 g/mol. The highest BCUT2D eigenvalue weighted by molar-refractivity contribution is 6.74. The Hall–Kier alpha value is -1.05. The summed E-state index contributed by atoms with van der Waals surface area (Å²) in [7, 11) is -1.87. The Kier molecular flexibility index (Phi) is 7.26. The molecule has 0 radical (unpaired) electrons. The number of hydrogen-bond donors (Lipinski definition) is 1. The molecule has 2 aromatic rings. The number of nitrogens with zero attached hydrogens (tertiary/aromatic N) is 2. The minimum atomic E-state index is -1.87. The molecule has 0 aliphatic heterocycles. The van der Waals surface area contributed by atoms with Gasteiger partial charge in [-0.1, -0.05) is 62.5 Å². The molecule has 2 N–H and O–H groups in total. The van der Waals surface area contributed by atoms with Gasteiger partial charge < -0.3 is 14.9 Å². The van der Waals surface area contributed by atoms with Crippen molar-refractivity contribution in [1.29, 1.82) is 0 Å². The molecule has 1 unspecified atom stereocenters. The smallest absolute Gasteiger partial charge is 0.239 e. The predicted octanol–water partition coefficient (Wildman–Crippen LogP) is 6.94. The molecule has 0 spiro atoms. The number of hydrogen-bond acceptors (Lipinski definition) is 5. The number of aromatic nitrogens is 2. The Morgan fingerprint density at radius 1 is 1.07 bits per heavy atom. The predicted molar refractivity (Wildman–Crippen MR) is 120 cm³/mol. The molecule has 0 aliphatic carbocycles. The summed E-state index contributed by atoms with van der Waals surface area (Å²) in [6.45, 7) is 13.6. The molecule has 28 heavy (non-hydrogen) atoms. The number of ether oxygens (including phenoxy) is 1. The molecule has 2 rings (SSSR count). The lowest BCUT2D eigenvalue weighted by Crippen LogP contribution is -2.41. The van der Waals surface area contributed by atoms with Crippen LogP contribution in [0.25, 0.3) is 0 Å². The number of halogens is 3. The minimum Gasteiger partial charge on any atom is -0.434 e. The first-order valence-electron chi connectivity index (χ1n) is 8.91. The summed E-state index contributed by atoms with van der Waals surface area (Å²) in [5, 5.41) is 9.01. The summed E-state index contributed by atoms with van der Waals surface area (Å²) >= 11 is 18.6. The van der Waals surface area contributed by atoms with Crippen LogP contribution in [0.2, 0.25) is 33.3 Å². The third-order valence-corrected chi connectivity index (χ3v) is 10.4. The molecule has 1 atom stereocenters. The van der Waals surface area contributed by atoms with Gasteiger partial charge in [0, 0.05) is 29.8 Å². The van der Waals surface area contributed by atoms with E-state index in [4.69, 9.17) is 49.7 Å². The lowest BCUT2D eigenvalue weighted by Gasteiger charge is -2.37. The van der Waals surface area contributed by atoms with E-state index >= 15 is 0 Å².